The van der Waals surface area contributed by atoms with Crippen molar-refractivity contribution in [1.82, 2.24) is 9.62 Å². The molecule has 2 aliphatic rings. The van der Waals surface area contributed by atoms with Crippen LogP contribution in [0.5, 0.6) is 11.5 Å². The monoisotopic (exact) mass is 473 g/mol. The largest absolute Gasteiger partial charge is 0.486 e. The van der Waals surface area contributed by atoms with Gasteiger partial charge >= 0.3 is 0 Å². The highest BCUT2D eigenvalue weighted by Gasteiger charge is 2.24. The van der Waals surface area contributed by atoms with Crippen molar-refractivity contribution >= 4 is 37.1 Å². The molecule has 170 valence electrons. The first-order valence-electron chi connectivity index (χ1n) is 10.9. The van der Waals surface area contributed by atoms with E-state index in [0.717, 1.165) is 66.4 Å². The number of nitrogens with zero attached hydrogens (tertiary/aromatic N) is 2. The van der Waals surface area contributed by atoms with E-state index in [-0.39, 0.29) is 0 Å². The van der Waals surface area contributed by atoms with Crippen molar-refractivity contribution in [1.29, 1.82) is 0 Å². The molecule has 0 amide bonds. The number of piperazine rings is 1. The number of anilines is 1. The van der Waals surface area contributed by atoms with E-state index >= 15 is 0 Å². The fourth-order valence-corrected chi connectivity index (χ4v) is 6.84. The van der Waals surface area contributed by atoms with Crippen molar-refractivity contribution in [3.05, 3.63) is 47.8 Å². The molecule has 2 aliphatic heterocycles. The minimum absolute atomic E-state index is 0.379. The molecule has 3 heterocycles. The van der Waals surface area contributed by atoms with Crippen LogP contribution in [0.25, 0.3) is 10.1 Å². The van der Waals surface area contributed by atoms with E-state index in [0.29, 0.717) is 24.7 Å². The van der Waals surface area contributed by atoms with E-state index in [2.05, 4.69) is 20.6 Å². The lowest BCUT2D eigenvalue weighted by Crippen LogP contribution is -2.47. The van der Waals surface area contributed by atoms with Crippen molar-refractivity contribution in [2.24, 2.45) is 0 Å². The number of rotatable bonds is 7. The highest BCUT2D eigenvalue weighted by molar-refractivity contribution is 7.90. The predicted molar refractivity (Wildman–Crippen MR) is 128 cm³/mol. The molecule has 1 aromatic heterocycles. The van der Waals surface area contributed by atoms with Crippen molar-refractivity contribution in [2.75, 3.05) is 57.4 Å². The summed E-state index contributed by atoms with van der Waals surface area (Å²) in [4.78, 5) is 5.11. The topological polar surface area (TPSA) is 71.1 Å². The van der Waals surface area contributed by atoms with Gasteiger partial charge < -0.3 is 14.4 Å². The molecule has 1 fully saturated rings. The summed E-state index contributed by atoms with van der Waals surface area (Å²) in [5.41, 5.74) is 1.09. The molecule has 0 bridgehead atoms. The van der Waals surface area contributed by atoms with Gasteiger partial charge in [0.2, 0.25) is 10.0 Å². The van der Waals surface area contributed by atoms with E-state index in [1.807, 2.05) is 36.4 Å². The maximum atomic E-state index is 12.7. The molecule has 1 N–H and O–H groups in total. The number of benzene rings is 2. The number of sulfonamides is 1. The molecule has 0 spiro atoms. The predicted octanol–water partition coefficient (Wildman–Crippen LogP) is 3.16. The van der Waals surface area contributed by atoms with Crippen molar-refractivity contribution < 1.29 is 17.9 Å². The quantitative estimate of drug-likeness (QED) is 0.532. The number of nitrogens with one attached hydrogen (secondary N) is 1. The zero-order chi connectivity index (χ0) is 22.0. The Labute approximate surface area is 192 Å². The van der Waals surface area contributed by atoms with Gasteiger partial charge in [-0.15, -0.1) is 11.3 Å². The van der Waals surface area contributed by atoms with E-state index in [9.17, 15) is 8.42 Å². The SMILES string of the molecule is O=S(=O)(NCCCN1CCN(c2cccc3c2OCCO3)CC1)c1csc2ccccc12. The number of para-hydroxylation sites is 1. The summed E-state index contributed by atoms with van der Waals surface area (Å²) in [6.45, 7) is 6.17. The molecule has 0 unspecified atom stereocenters. The fraction of sp³-hybridized carbons (Fsp3) is 0.391. The zero-order valence-electron chi connectivity index (χ0n) is 17.8. The summed E-state index contributed by atoms with van der Waals surface area (Å²) in [6.07, 6.45) is 0.777. The van der Waals surface area contributed by atoms with Gasteiger partial charge in [0.25, 0.3) is 0 Å². The summed E-state index contributed by atoms with van der Waals surface area (Å²) in [6, 6.07) is 13.7. The Bertz CT molecular complexity index is 1190. The van der Waals surface area contributed by atoms with Gasteiger partial charge in [0.05, 0.1) is 5.69 Å². The lowest BCUT2D eigenvalue weighted by molar-refractivity contribution is 0.171. The average Bonchev–Trinajstić information content (AvgIpc) is 3.27. The highest BCUT2D eigenvalue weighted by Crippen LogP contribution is 2.39. The maximum absolute atomic E-state index is 12.7. The van der Waals surface area contributed by atoms with E-state index < -0.39 is 10.0 Å². The van der Waals surface area contributed by atoms with Gasteiger partial charge in [-0.3, -0.25) is 4.90 Å². The smallest absolute Gasteiger partial charge is 0.242 e. The third-order valence-electron chi connectivity index (χ3n) is 5.94. The molecule has 9 heteroatoms. The number of thiophene rings is 1. The minimum Gasteiger partial charge on any atom is -0.486 e. The van der Waals surface area contributed by atoms with Gasteiger partial charge in [0, 0.05) is 48.2 Å². The molecule has 0 atom stereocenters. The van der Waals surface area contributed by atoms with E-state index in [1.54, 1.807) is 5.38 Å². The lowest BCUT2D eigenvalue weighted by Gasteiger charge is -2.37. The minimum atomic E-state index is -3.49. The van der Waals surface area contributed by atoms with Crippen LogP contribution in [0.2, 0.25) is 0 Å². The van der Waals surface area contributed by atoms with Crippen LogP contribution in [0.15, 0.2) is 52.7 Å². The van der Waals surface area contributed by atoms with Crippen LogP contribution in [0.4, 0.5) is 5.69 Å². The second kappa shape index (κ2) is 9.27. The Kier molecular flexibility index (Phi) is 6.23. The second-order valence-corrected chi connectivity index (χ2v) is 10.6. The van der Waals surface area contributed by atoms with Gasteiger partial charge in [-0.25, -0.2) is 13.1 Å². The Balaban J connectivity index is 1.11. The van der Waals surface area contributed by atoms with Crippen molar-refractivity contribution in [3.8, 4) is 11.5 Å². The van der Waals surface area contributed by atoms with Gasteiger partial charge in [0.15, 0.2) is 11.5 Å². The molecule has 0 aliphatic carbocycles. The molecular weight excluding hydrogens is 446 g/mol. The molecule has 0 radical (unpaired) electrons. The Morgan fingerprint density at radius 1 is 0.969 bits per heavy atom. The summed E-state index contributed by atoms with van der Waals surface area (Å²) >= 11 is 1.46. The van der Waals surface area contributed by atoms with Crippen LogP contribution in [0.1, 0.15) is 6.42 Å². The second-order valence-electron chi connectivity index (χ2n) is 7.98. The molecule has 7 nitrogen and oxygen atoms in total. The highest BCUT2D eigenvalue weighted by atomic mass is 32.2. The fourth-order valence-electron chi connectivity index (χ4n) is 4.27. The summed E-state index contributed by atoms with van der Waals surface area (Å²) < 4.78 is 40.8. The van der Waals surface area contributed by atoms with Crippen molar-refractivity contribution in [2.45, 2.75) is 11.3 Å². The Morgan fingerprint density at radius 2 is 1.78 bits per heavy atom. The summed E-state index contributed by atoms with van der Waals surface area (Å²) in [5, 5.41) is 2.52. The average molecular weight is 474 g/mol. The number of fused-ring (bicyclic) bond motifs is 2. The van der Waals surface area contributed by atoms with E-state index in [4.69, 9.17) is 9.47 Å². The van der Waals surface area contributed by atoms with Crippen LogP contribution in [-0.4, -0.2) is 65.8 Å². The molecule has 32 heavy (non-hydrogen) atoms. The first-order chi connectivity index (χ1) is 15.6. The molecular formula is C23H27N3O4S2. The number of hydrogen-bond acceptors (Lipinski definition) is 7. The van der Waals surface area contributed by atoms with Crippen LogP contribution < -0.4 is 19.1 Å². The third-order valence-corrected chi connectivity index (χ3v) is 8.55. The third kappa shape index (κ3) is 4.43. The van der Waals surface area contributed by atoms with E-state index in [1.165, 1.54) is 11.3 Å². The van der Waals surface area contributed by atoms with Crippen LogP contribution in [-0.2, 0) is 10.0 Å². The Hall–Kier alpha value is -2.33. The zero-order valence-corrected chi connectivity index (χ0v) is 19.5. The normalized spacial score (nSPS) is 17.1. The van der Waals surface area contributed by atoms with Gasteiger partial charge in [-0.05, 0) is 31.2 Å². The molecule has 0 saturated carbocycles. The summed E-state index contributed by atoms with van der Waals surface area (Å²) in [7, 11) is -3.49. The van der Waals surface area contributed by atoms with Crippen molar-refractivity contribution in [3.63, 3.8) is 0 Å². The van der Waals surface area contributed by atoms with Crippen LogP contribution >= 0.6 is 11.3 Å². The standard InChI is InChI=1S/C23H27N3O4S2/c27-32(28,22-17-31-21-8-2-1-5-18(21)22)24-9-4-10-25-11-13-26(14-12-25)19-6-3-7-20-23(19)30-16-15-29-20/h1-3,5-8,17,24H,4,9-16H2. The molecule has 5 rings (SSSR count). The van der Waals surface area contributed by atoms with Crippen LogP contribution in [0, 0.1) is 0 Å². The molecule has 2 aromatic carbocycles. The number of ether oxygens (including phenoxy) is 2. The van der Waals surface area contributed by atoms with Gasteiger partial charge in [-0.2, -0.15) is 0 Å². The first kappa shape index (κ1) is 21.5. The molecule has 3 aromatic rings. The summed E-state index contributed by atoms with van der Waals surface area (Å²) in [5.74, 6) is 1.67. The maximum Gasteiger partial charge on any atom is 0.242 e. The van der Waals surface area contributed by atoms with Crippen LogP contribution in [0.3, 0.4) is 0 Å². The molecule has 1 saturated heterocycles. The first-order valence-corrected chi connectivity index (χ1v) is 13.3. The van der Waals surface area contributed by atoms with Gasteiger partial charge in [-0.1, -0.05) is 24.3 Å². The number of hydrogen-bond donors (Lipinski definition) is 1. The van der Waals surface area contributed by atoms with Gasteiger partial charge in [0.1, 0.15) is 18.1 Å². The lowest BCUT2D eigenvalue weighted by atomic mass is 10.2. The Morgan fingerprint density at radius 3 is 2.66 bits per heavy atom.